The average Bonchev–Trinajstić information content (AvgIpc) is 3.08. The van der Waals surface area contributed by atoms with Crippen LogP contribution in [-0.4, -0.2) is 19.6 Å². The smallest absolute Gasteiger partial charge is 0.0904 e. The molecule has 2 aliphatic heterocycles. The Labute approximate surface area is 266 Å². The van der Waals surface area contributed by atoms with Crippen molar-refractivity contribution < 1.29 is 0 Å². The van der Waals surface area contributed by atoms with E-state index in [9.17, 15) is 0 Å². The molecule has 4 heteroatoms. The van der Waals surface area contributed by atoms with Crippen molar-refractivity contribution in [1.82, 2.24) is 0 Å². The Kier molecular flexibility index (Phi) is 6.86. The van der Waals surface area contributed by atoms with E-state index in [4.69, 9.17) is 0 Å². The highest BCUT2D eigenvalue weighted by Crippen LogP contribution is 2.60. The maximum Gasteiger partial charge on any atom is 0.0904 e. The van der Waals surface area contributed by atoms with Crippen LogP contribution in [0.15, 0.2) is 115 Å². The first-order valence-electron chi connectivity index (χ1n) is 16.6. The lowest BCUT2D eigenvalue weighted by Gasteiger charge is -2.46. The molecule has 0 saturated heterocycles. The molecule has 0 aliphatic carbocycles. The highest BCUT2D eigenvalue weighted by atomic mass is 15.3. The van der Waals surface area contributed by atoms with E-state index in [0.717, 1.165) is 38.9 Å². The molecule has 6 aromatic carbocycles. The van der Waals surface area contributed by atoms with Gasteiger partial charge in [-0.3, -0.25) is 0 Å². The fourth-order valence-electron chi connectivity index (χ4n) is 7.55. The first kappa shape index (κ1) is 27.6. The third-order valence-corrected chi connectivity index (χ3v) is 9.35. The van der Waals surface area contributed by atoms with Crippen molar-refractivity contribution in [3.8, 4) is 0 Å². The van der Waals surface area contributed by atoms with Crippen LogP contribution in [0, 0.1) is 0 Å². The maximum atomic E-state index is 2.60. The van der Waals surface area contributed by atoms with Crippen LogP contribution in [0.2, 0.25) is 0 Å². The Bertz CT molecular complexity index is 2050. The predicted molar refractivity (Wildman–Crippen MR) is 194 cm³/mol. The van der Waals surface area contributed by atoms with Crippen LogP contribution in [0.3, 0.4) is 0 Å². The molecular formula is C41H40N4. The first-order valence-corrected chi connectivity index (χ1v) is 16.6. The molecular weight excluding hydrogens is 548 g/mol. The summed E-state index contributed by atoms with van der Waals surface area (Å²) in [4.78, 5) is 10.3. The highest BCUT2D eigenvalue weighted by molar-refractivity contribution is 6.16. The summed E-state index contributed by atoms with van der Waals surface area (Å²) in [6.07, 6.45) is 3.18. The van der Waals surface area contributed by atoms with Crippen molar-refractivity contribution in [2.24, 2.45) is 0 Å². The van der Waals surface area contributed by atoms with Crippen molar-refractivity contribution in [2.45, 2.75) is 40.0 Å². The molecule has 0 N–H and O–H groups in total. The van der Waals surface area contributed by atoms with E-state index in [1.807, 2.05) is 0 Å². The van der Waals surface area contributed by atoms with Gasteiger partial charge >= 0.3 is 0 Å². The van der Waals surface area contributed by atoms with Gasteiger partial charge in [0.2, 0.25) is 0 Å². The van der Waals surface area contributed by atoms with Crippen LogP contribution in [-0.2, 0) is 0 Å². The zero-order valence-corrected chi connectivity index (χ0v) is 26.5. The van der Waals surface area contributed by atoms with Gasteiger partial charge in [0.15, 0.2) is 0 Å². The lowest BCUT2D eigenvalue weighted by molar-refractivity contribution is 0.840. The third kappa shape index (κ3) is 4.27. The minimum Gasteiger partial charge on any atom is -0.338 e. The van der Waals surface area contributed by atoms with Crippen LogP contribution in [0.4, 0.5) is 51.2 Å². The molecule has 2 aliphatic rings. The second-order valence-corrected chi connectivity index (χ2v) is 12.3. The maximum absolute atomic E-state index is 2.60. The van der Waals surface area contributed by atoms with Gasteiger partial charge in [0.25, 0.3) is 0 Å². The molecule has 224 valence electrons. The zero-order chi connectivity index (χ0) is 30.5. The summed E-state index contributed by atoms with van der Waals surface area (Å²) in [7, 11) is 0. The summed E-state index contributed by atoms with van der Waals surface area (Å²) in [5.41, 5.74) is 11.4. The largest absolute Gasteiger partial charge is 0.338 e. The van der Waals surface area contributed by atoms with Crippen molar-refractivity contribution in [3.63, 3.8) is 0 Å². The molecule has 0 saturated carbocycles. The third-order valence-electron chi connectivity index (χ3n) is 9.35. The Morgan fingerprint density at radius 3 is 1.47 bits per heavy atom. The minimum absolute atomic E-state index is 0.942. The fraction of sp³-hybridized carbons (Fsp3) is 0.220. The lowest BCUT2D eigenvalue weighted by Crippen LogP contribution is -2.33. The number of para-hydroxylation sites is 4. The van der Waals surface area contributed by atoms with Crippen molar-refractivity contribution in [2.75, 3.05) is 39.2 Å². The van der Waals surface area contributed by atoms with Crippen molar-refractivity contribution >= 4 is 72.7 Å². The zero-order valence-electron chi connectivity index (χ0n) is 26.5. The van der Waals surface area contributed by atoms with Gasteiger partial charge in [0, 0.05) is 25.0 Å². The number of hydrogen-bond acceptors (Lipinski definition) is 4. The summed E-state index contributed by atoms with van der Waals surface area (Å²) < 4.78 is 0. The van der Waals surface area contributed by atoms with Crippen molar-refractivity contribution in [3.05, 3.63) is 115 Å². The Morgan fingerprint density at radius 2 is 0.822 bits per heavy atom. The molecule has 6 aromatic rings. The van der Waals surface area contributed by atoms with Gasteiger partial charge in [-0.05, 0) is 77.9 Å². The molecule has 4 nitrogen and oxygen atoms in total. The predicted octanol–water partition coefficient (Wildman–Crippen LogP) is 11.7. The van der Waals surface area contributed by atoms with Gasteiger partial charge in [-0.2, -0.15) is 0 Å². The van der Waals surface area contributed by atoms with Gasteiger partial charge in [-0.1, -0.05) is 93.6 Å². The van der Waals surface area contributed by atoms with Crippen LogP contribution >= 0.6 is 0 Å². The van der Waals surface area contributed by atoms with Crippen LogP contribution in [0.5, 0.6) is 0 Å². The lowest BCUT2D eigenvalue weighted by atomic mass is 9.96. The topological polar surface area (TPSA) is 13.0 Å². The van der Waals surface area contributed by atoms with Crippen LogP contribution in [0.1, 0.15) is 40.0 Å². The molecule has 0 aromatic heterocycles. The molecule has 0 radical (unpaired) electrons. The minimum atomic E-state index is 0.942. The average molecular weight is 589 g/mol. The SMILES string of the molecule is CCCN1c2ccccc2N(c2c3c(cc4ccccc24)N(CCC)c2ccccc2N3CCC)c2cc3ccccc3cc21. The van der Waals surface area contributed by atoms with E-state index >= 15 is 0 Å². The fourth-order valence-corrected chi connectivity index (χ4v) is 7.55. The highest BCUT2D eigenvalue weighted by Gasteiger charge is 2.37. The molecule has 0 amide bonds. The van der Waals surface area contributed by atoms with Gasteiger partial charge in [-0.25, -0.2) is 0 Å². The van der Waals surface area contributed by atoms with E-state index in [2.05, 4.69) is 156 Å². The molecule has 8 rings (SSSR count). The van der Waals surface area contributed by atoms with Crippen LogP contribution in [0.25, 0.3) is 21.5 Å². The number of fused-ring (bicyclic) bond motifs is 6. The first-order chi connectivity index (χ1) is 22.2. The number of rotatable bonds is 7. The molecule has 0 spiro atoms. The monoisotopic (exact) mass is 588 g/mol. The van der Waals surface area contributed by atoms with E-state index in [-0.39, 0.29) is 0 Å². The van der Waals surface area contributed by atoms with E-state index < -0.39 is 0 Å². The normalized spacial score (nSPS) is 13.6. The molecule has 2 heterocycles. The van der Waals surface area contributed by atoms with Gasteiger partial charge < -0.3 is 19.6 Å². The summed E-state index contributed by atoms with van der Waals surface area (Å²) in [6, 6.07) is 43.0. The molecule has 0 fully saturated rings. The summed E-state index contributed by atoms with van der Waals surface area (Å²) in [6.45, 7) is 9.72. The summed E-state index contributed by atoms with van der Waals surface area (Å²) >= 11 is 0. The van der Waals surface area contributed by atoms with E-state index in [1.165, 1.54) is 72.7 Å². The number of anilines is 9. The molecule has 0 atom stereocenters. The van der Waals surface area contributed by atoms with Gasteiger partial charge in [0.05, 0.1) is 51.2 Å². The molecule has 0 bridgehead atoms. The van der Waals surface area contributed by atoms with Crippen molar-refractivity contribution in [1.29, 1.82) is 0 Å². The molecule has 45 heavy (non-hydrogen) atoms. The quantitative estimate of drug-likeness (QED) is 0.184. The summed E-state index contributed by atoms with van der Waals surface area (Å²) in [5.74, 6) is 0. The van der Waals surface area contributed by atoms with Gasteiger partial charge in [-0.15, -0.1) is 0 Å². The summed E-state index contributed by atoms with van der Waals surface area (Å²) in [5, 5.41) is 5.06. The van der Waals surface area contributed by atoms with E-state index in [1.54, 1.807) is 0 Å². The standard InChI is InChI=1S/C41H40N4/c1-4-23-42-35-21-13-14-22-36(35)45(38-27-30-16-8-7-15-29(30)26-37(38)42)40-32-18-10-9-17-31(32)28-39-41(40)44(25-6-3)34-20-12-11-19-33(34)43(39)24-5-2/h7-22,26-28H,4-6,23-25H2,1-3H3. The van der Waals surface area contributed by atoms with Crippen LogP contribution < -0.4 is 19.6 Å². The van der Waals surface area contributed by atoms with E-state index in [0.29, 0.717) is 0 Å². The molecule has 0 unspecified atom stereocenters. The Hall–Kier alpha value is -4.96. The van der Waals surface area contributed by atoms with Gasteiger partial charge in [0.1, 0.15) is 0 Å². The Balaban J connectivity index is 1.52. The number of nitrogens with zero attached hydrogens (tertiary/aromatic N) is 4. The Morgan fingerprint density at radius 1 is 0.378 bits per heavy atom. The number of benzene rings is 6. The number of hydrogen-bond donors (Lipinski definition) is 0. The second-order valence-electron chi connectivity index (χ2n) is 12.3. The second kappa shape index (κ2) is 11.2.